The Morgan fingerprint density at radius 2 is 1.59 bits per heavy atom. The summed E-state index contributed by atoms with van der Waals surface area (Å²) < 4.78 is 5.33. The van der Waals surface area contributed by atoms with E-state index in [1.807, 2.05) is 14.1 Å². The fourth-order valence-corrected chi connectivity index (χ4v) is 4.09. The largest absolute Gasteiger partial charge is 0.379 e. The number of piperazine rings is 1. The molecule has 9 nitrogen and oxygen atoms in total. The summed E-state index contributed by atoms with van der Waals surface area (Å²) in [6.45, 7) is 8.59. The Hall–Kier alpha value is -2.20. The molecule has 0 aliphatic carbocycles. The van der Waals surface area contributed by atoms with Gasteiger partial charge in [0, 0.05) is 78.7 Å². The van der Waals surface area contributed by atoms with Gasteiger partial charge in [0.1, 0.15) is 0 Å². The highest BCUT2D eigenvalue weighted by Gasteiger charge is 2.25. The van der Waals surface area contributed by atoms with Crippen LogP contribution in [0.15, 0.2) is 24.3 Å². The Morgan fingerprint density at radius 3 is 2.22 bits per heavy atom. The van der Waals surface area contributed by atoms with Crippen LogP contribution in [0.5, 0.6) is 0 Å². The number of morpholine rings is 1. The van der Waals surface area contributed by atoms with Crippen molar-refractivity contribution < 1.29 is 14.3 Å². The van der Waals surface area contributed by atoms with Crippen molar-refractivity contribution in [3.8, 4) is 0 Å². The maximum atomic E-state index is 12.4. The van der Waals surface area contributed by atoms with Gasteiger partial charge in [-0.25, -0.2) is 0 Å². The quantitative estimate of drug-likeness (QED) is 0.527. The SMILES string of the molecule is CN1CCN([C@H](CNC(=O)C(=O)NCCN2CCOCC2)c2ccc(N(C)C)cc2)CC1. The van der Waals surface area contributed by atoms with Gasteiger partial charge in [0.25, 0.3) is 0 Å². The molecule has 2 amide bonds. The number of nitrogens with zero attached hydrogens (tertiary/aromatic N) is 4. The van der Waals surface area contributed by atoms with Crippen LogP contribution >= 0.6 is 0 Å². The fraction of sp³-hybridized carbons (Fsp3) is 0.652. The van der Waals surface area contributed by atoms with Crippen LogP contribution in [-0.4, -0.2) is 120 Å². The average Bonchev–Trinajstić information content (AvgIpc) is 2.81. The Morgan fingerprint density at radius 1 is 0.969 bits per heavy atom. The number of ether oxygens (including phenoxy) is 1. The van der Waals surface area contributed by atoms with Gasteiger partial charge in [0.05, 0.1) is 19.3 Å². The van der Waals surface area contributed by atoms with E-state index < -0.39 is 11.8 Å². The minimum absolute atomic E-state index is 0.0324. The molecule has 0 spiro atoms. The van der Waals surface area contributed by atoms with Crippen LogP contribution < -0.4 is 15.5 Å². The highest BCUT2D eigenvalue weighted by Crippen LogP contribution is 2.24. The molecule has 0 bridgehead atoms. The van der Waals surface area contributed by atoms with Crippen LogP contribution in [-0.2, 0) is 14.3 Å². The number of amides is 2. The van der Waals surface area contributed by atoms with Crippen molar-refractivity contribution in [2.75, 3.05) is 98.2 Å². The molecular weight excluding hydrogens is 408 g/mol. The van der Waals surface area contributed by atoms with Crippen molar-refractivity contribution in [1.82, 2.24) is 25.3 Å². The molecule has 1 atom stereocenters. The number of rotatable bonds is 8. The summed E-state index contributed by atoms with van der Waals surface area (Å²) in [7, 11) is 6.16. The first kappa shape index (κ1) is 24.4. The van der Waals surface area contributed by atoms with Gasteiger partial charge >= 0.3 is 11.8 Å². The number of carbonyl (C=O) groups excluding carboxylic acids is 2. The zero-order valence-electron chi connectivity index (χ0n) is 19.7. The van der Waals surface area contributed by atoms with Crippen LogP contribution in [0.4, 0.5) is 5.69 Å². The molecule has 1 aromatic rings. The lowest BCUT2D eigenvalue weighted by molar-refractivity contribution is -0.139. The molecule has 0 aromatic heterocycles. The smallest absolute Gasteiger partial charge is 0.309 e. The summed E-state index contributed by atoms with van der Waals surface area (Å²) in [5.74, 6) is -1.14. The summed E-state index contributed by atoms with van der Waals surface area (Å²) in [6.07, 6.45) is 0. The number of likely N-dealkylation sites (N-methyl/N-ethyl adjacent to an activating group) is 1. The van der Waals surface area contributed by atoms with Crippen LogP contribution in [0.3, 0.4) is 0 Å². The Bertz CT molecular complexity index is 728. The average molecular weight is 447 g/mol. The highest BCUT2D eigenvalue weighted by atomic mass is 16.5. The number of hydrogen-bond acceptors (Lipinski definition) is 7. The third-order valence-corrected chi connectivity index (χ3v) is 6.25. The van der Waals surface area contributed by atoms with Crippen molar-refractivity contribution in [3.63, 3.8) is 0 Å². The first-order chi connectivity index (χ1) is 15.4. The molecule has 2 aliphatic heterocycles. The number of hydrogen-bond donors (Lipinski definition) is 2. The third-order valence-electron chi connectivity index (χ3n) is 6.25. The molecule has 3 rings (SSSR count). The van der Waals surface area contributed by atoms with Crippen molar-refractivity contribution in [2.45, 2.75) is 6.04 Å². The Labute approximate surface area is 191 Å². The molecule has 2 saturated heterocycles. The fourth-order valence-electron chi connectivity index (χ4n) is 4.09. The summed E-state index contributed by atoms with van der Waals surface area (Å²) in [4.78, 5) is 33.7. The third kappa shape index (κ3) is 7.16. The topological polar surface area (TPSA) is 80.4 Å². The van der Waals surface area contributed by atoms with Crippen molar-refractivity contribution in [2.24, 2.45) is 0 Å². The molecule has 2 N–H and O–H groups in total. The van der Waals surface area contributed by atoms with E-state index in [1.165, 1.54) is 0 Å². The van der Waals surface area contributed by atoms with Gasteiger partial charge in [-0.05, 0) is 24.7 Å². The van der Waals surface area contributed by atoms with E-state index in [0.717, 1.165) is 70.3 Å². The summed E-state index contributed by atoms with van der Waals surface area (Å²) in [5.41, 5.74) is 2.28. The lowest BCUT2D eigenvalue weighted by Crippen LogP contribution is -2.50. The number of benzene rings is 1. The van der Waals surface area contributed by atoms with E-state index in [-0.39, 0.29) is 6.04 Å². The molecule has 1 aromatic carbocycles. The van der Waals surface area contributed by atoms with Crippen LogP contribution in [0.25, 0.3) is 0 Å². The molecule has 2 aliphatic rings. The molecule has 2 fully saturated rings. The summed E-state index contributed by atoms with van der Waals surface area (Å²) in [6, 6.07) is 8.46. The number of anilines is 1. The second-order valence-electron chi connectivity index (χ2n) is 8.76. The molecule has 2 heterocycles. The van der Waals surface area contributed by atoms with E-state index in [1.54, 1.807) is 0 Å². The van der Waals surface area contributed by atoms with Crippen molar-refractivity contribution in [3.05, 3.63) is 29.8 Å². The minimum Gasteiger partial charge on any atom is -0.379 e. The van der Waals surface area contributed by atoms with E-state index in [0.29, 0.717) is 13.1 Å². The molecule has 0 unspecified atom stereocenters. The molecule has 178 valence electrons. The number of carbonyl (C=O) groups is 2. The molecule has 0 saturated carbocycles. The Balaban J connectivity index is 1.54. The lowest BCUT2D eigenvalue weighted by Gasteiger charge is -2.38. The van der Waals surface area contributed by atoms with E-state index >= 15 is 0 Å². The molecule has 0 radical (unpaired) electrons. The van der Waals surface area contributed by atoms with Crippen molar-refractivity contribution >= 4 is 17.5 Å². The highest BCUT2D eigenvalue weighted by molar-refractivity contribution is 6.35. The minimum atomic E-state index is -0.573. The monoisotopic (exact) mass is 446 g/mol. The summed E-state index contributed by atoms with van der Waals surface area (Å²) in [5, 5.41) is 5.60. The van der Waals surface area contributed by atoms with Crippen LogP contribution in [0.1, 0.15) is 11.6 Å². The van der Waals surface area contributed by atoms with Gasteiger partial charge in [-0.1, -0.05) is 12.1 Å². The summed E-state index contributed by atoms with van der Waals surface area (Å²) >= 11 is 0. The standard InChI is InChI=1S/C23H38N6O3/c1-26(2)20-6-4-19(5-7-20)21(29-12-10-27(3)11-13-29)18-25-23(31)22(30)24-8-9-28-14-16-32-17-15-28/h4-7,21H,8-18H2,1-3H3,(H,24,30)(H,25,31)/t21-/m1/s1. The molecule has 32 heavy (non-hydrogen) atoms. The second kappa shape index (κ2) is 12.2. The maximum Gasteiger partial charge on any atom is 0.309 e. The molecule has 9 heteroatoms. The molecular formula is C23H38N6O3. The van der Waals surface area contributed by atoms with Crippen LogP contribution in [0.2, 0.25) is 0 Å². The lowest BCUT2D eigenvalue weighted by atomic mass is 10.0. The Kier molecular flexibility index (Phi) is 9.28. The van der Waals surface area contributed by atoms with Gasteiger partial charge in [-0.3, -0.25) is 19.4 Å². The predicted octanol–water partition coefficient (Wildman–Crippen LogP) is -0.394. The van der Waals surface area contributed by atoms with E-state index in [9.17, 15) is 9.59 Å². The number of nitrogens with one attached hydrogen (secondary N) is 2. The second-order valence-corrected chi connectivity index (χ2v) is 8.76. The maximum absolute atomic E-state index is 12.4. The normalized spacial score (nSPS) is 19.3. The zero-order valence-corrected chi connectivity index (χ0v) is 19.7. The van der Waals surface area contributed by atoms with Gasteiger partial charge in [-0.2, -0.15) is 0 Å². The van der Waals surface area contributed by atoms with Gasteiger partial charge in [0.15, 0.2) is 0 Å². The predicted molar refractivity (Wildman–Crippen MR) is 126 cm³/mol. The first-order valence-electron chi connectivity index (χ1n) is 11.5. The van der Waals surface area contributed by atoms with Gasteiger partial charge in [-0.15, -0.1) is 0 Å². The zero-order chi connectivity index (χ0) is 22.9. The van der Waals surface area contributed by atoms with E-state index in [2.05, 4.69) is 61.5 Å². The van der Waals surface area contributed by atoms with Gasteiger partial charge < -0.3 is 25.2 Å². The van der Waals surface area contributed by atoms with E-state index in [4.69, 9.17) is 4.74 Å². The van der Waals surface area contributed by atoms with Crippen LogP contribution in [0, 0.1) is 0 Å². The first-order valence-corrected chi connectivity index (χ1v) is 11.5. The van der Waals surface area contributed by atoms with Crippen molar-refractivity contribution in [1.29, 1.82) is 0 Å². The van der Waals surface area contributed by atoms with Gasteiger partial charge in [0.2, 0.25) is 0 Å².